The Balaban J connectivity index is 2.48. The zero-order chi connectivity index (χ0) is 15.7. The first kappa shape index (κ1) is 17.5. The van der Waals surface area contributed by atoms with Crippen LogP contribution in [0.25, 0.3) is 0 Å². The van der Waals surface area contributed by atoms with E-state index in [0.29, 0.717) is 12.6 Å². The second-order valence-corrected chi connectivity index (χ2v) is 6.09. The van der Waals surface area contributed by atoms with Gasteiger partial charge in [0, 0.05) is 11.6 Å². The summed E-state index contributed by atoms with van der Waals surface area (Å²) >= 11 is 0. The fourth-order valence-electron chi connectivity index (χ4n) is 2.39. The van der Waals surface area contributed by atoms with Gasteiger partial charge < -0.3 is 10.1 Å². The van der Waals surface area contributed by atoms with Gasteiger partial charge in [-0.25, -0.2) is 0 Å². The largest absolute Gasteiger partial charge is 0.493 e. The highest BCUT2D eigenvalue weighted by Gasteiger charge is 2.16. The highest BCUT2D eigenvalue weighted by atomic mass is 16.5. The molecule has 0 fully saturated rings. The lowest BCUT2D eigenvalue weighted by molar-refractivity contribution is 0.289. The standard InChI is InChI=1S/C18H28N2O/c1-5-16(20-4)15-10-6-7-11-17(15)21-13-9-8-12-18(2,3)14-19/h6-7,10-11,16,20H,5,8-9,12-13H2,1-4H3. The number of nitrogens with zero attached hydrogens (tertiary/aromatic N) is 1. The molecule has 0 amide bonds. The highest BCUT2D eigenvalue weighted by molar-refractivity contribution is 5.35. The lowest BCUT2D eigenvalue weighted by atomic mass is 9.89. The van der Waals surface area contributed by atoms with Gasteiger partial charge in [-0.15, -0.1) is 0 Å². The topological polar surface area (TPSA) is 45.0 Å². The number of para-hydroxylation sites is 1. The summed E-state index contributed by atoms with van der Waals surface area (Å²) in [6, 6.07) is 10.9. The summed E-state index contributed by atoms with van der Waals surface area (Å²) in [4.78, 5) is 0. The third kappa shape index (κ3) is 5.77. The Morgan fingerprint density at radius 1 is 1.29 bits per heavy atom. The van der Waals surface area contributed by atoms with Crippen molar-refractivity contribution in [2.24, 2.45) is 5.41 Å². The van der Waals surface area contributed by atoms with Gasteiger partial charge in [-0.3, -0.25) is 0 Å². The van der Waals surface area contributed by atoms with E-state index in [4.69, 9.17) is 10.00 Å². The first-order valence-corrected chi connectivity index (χ1v) is 7.84. The molecule has 0 aliphatic carbocycles. The third-order valence-electron chi connectivity index (χ3n) is 3.81. The summed E-state index contributed by atoms with van der Waals surface area (Å²) in [6.07, 6.45) is 3.96. The number of ether oxygens (including phenoxy) is 1. The van der Waals surface area contributed by atoms with Gasteiger partial charge in [0.05, 0.1) is 18.1 Å². The second kappa shape index (κ2) is 8.69. The molecule has 0 saturated heterocycles. The van der Waals surface area contributed by atoms with Crippen LogP contribution in [0.15, 0.2) is 24.3 Å². The normalized spacial score (nSPS) is 12.7. The Hall–Kier alpha value is -1.53. The molecule has 0 saturated carbocycles. The van der Waals surface area contributed by atoms with Gasteiger partial charge in [-0.1, -0.05) is 25.1 Å². The molecule has 1 N–H and O–H groups in total. The molecular formula is C18H28N2O. The quantitative estimate of drug-likeness (QED) is 0.682. The summed E-state index contributed by atoms with van der Waals surface area (Å²) in [5, 5.41) is 12.3. The summed E-state index contributed by atoms with van der Waals surface area (Å²) < 4.78 is 5.95. The van der Waals surface area contributed by atoms with Crippen molar-refractivity contribution < 1.29 is 4.74 Å². The maximum atomic E-state index is 8.99. The molecule has 1 atom stereocenters. The molecule has 1 unspecified atom stereocenters. The van der Waals surface area contributed by atoms with E-state index in [1.54, 1.807) is 0 Å². The van der Waals surface area contributed by atoms with Gasteiger partial charge in [0.25, 0.3) is 0 Å². The molecule has 0 spiro atoms. The number of unbranched alkanes of at least 4 members (excludes halogenated alkanes) is 1. The Bertz CT molecular complexity index is 459. The monoisotopic (exact) mass is 288 g/mol. The van der Waals surface area contributed by atoms with Crippen molar-refractivity contribution in [2.45, 2.75) is 52.5 Å². The van der Waals surface area contributed by atoms with E-state index in [0.717, 1.165) is 31.4 Å². The van der Waals surface area contributed by atoms with Crippen LogP contribution >= 0.6 is 0 Å². The Morgan fingerprint density at radius 3 is 2.62 bits per heavy atom. The van der Waals surface area contributed by atoms with Crippen LogP contribution in [0.3, 0.4) is 0 Å². The predicted octanol–water partition coefficient (Wildman–Crippen LogP) is 4.46. The van der Waals surface area contributed by atoms with Crippen LogP contribution in [0.5, 0.6) is 5.75 Å². The molecule has 116 valence electrons. The van der Waals surface area contributed by atoms with Crippen LogP contribution in [0, 0.1) is 16.7 Å². The van der Waals surface area contributed by atoms with Crippen molar-refractivity contribution in [3.63, 3.8) is 0 Å². The van der Waals surface area contributed by atoms with E-state index in [1.165, 1.54) is 5.56 Å². The summed E-state index contributed by atoms with van der Waals surface area (Å²) in [5.74, 6) is 0.971. The molecule has 1 rings (SSSR count). The van der Waals surface area contributed by atoms with Gasteiger partial charge in [0.1, 0.15) is 5.75 Å². The number of nitrogens with one attached hydrogen (secondary N) is 1. The number of hydrogen-bond donors (Lipinski definition) is 1. The zero-order valence-corrected chi connectivity index (χ0v) is 13.8. The molecule has 0 radical (unpaired) electrons. The number of benzene rings is 1. The summed E-state index contributed by atoms with van der Waals surface area (Å²) in [6.45, 7) is 6.85. The lowest BCUT2D eigenvalue weighted by Gasteiger charge is -2.19. The maximum absolute atomic E-state index is 8.99. The Labute approximate surface area is 129 Å². The van der Waals surface area contributed by atoms with Crippen molar-refractivity contribution in [1.29, 1.82) is 5.26 Å². The average Bonchev–Trinajstić information content (AvgIpc) is 2.49. The molecule has 21 heavy (non-hydrogen) atoms. The minimum absolute atomic E-state index is 0.225. The van der Waals surface area contributed by atoms with Crippen LogP contribution in [0.1, 0.15) is 58.1 Å². The molecule has 0 aliphatic rings. The van der Waals surface area contributed by atoms with Crippen molar-refractivity contribution in [3.05, 3.63) is 29.8 Å². The molecule has 1 aromatic carbocycles. The van der Waals surface area contributed by atoms with Crippen LogP contribution in [0.4, 0.5) is 0 Å². The Kier molecular flexibility index (Phi) is 7.25. The zero-order valence-electron chi connectivity index (χ0n) is 13.8. The SMILES string of the molecule is CCC(NC)c1ccccc1OCCCCC(C)(C)C#N. The fourth-order valence-corrected chi connectivity index (χ4v) is 2.39. The van der Waals surface area contributed by atoms with Crippen LogP contribution in [-0.2, 0) is 0 Å². The fraction of sp³-hybridized carbons (Fsp3) is 0.611. The van der Waals surface area contributed by atoms with Crippen LogP contribution in [-0.4, -0.2) is 13.7 Å². The van der Waals surface area contributed by atoms with Gasteiger partial charge in [0.2, 0.25) is 0 Å². The predicted molar refractivity (Wildman–Crippen MR) is 87.3 cm³/mol. The van der Waals surface area contributed by atoms with E-state index in [9.17, 15) is 0 Å². The molecule has 3 heteroatoms. The average molecular weight is 288 g/mol. The molecule has 0 heterocycles. The molecule has 0 aliphatic heterocycles. The molecular weight excluding hydrogens is 260 g/mol. The minimum atomic E-state index is -0.225. The van der Waals surface area contributed by atoms with Gasteiger partial charge in [0.15, 0.2) is 0 Å². The first-order valence-electron chi connectivity index (χ1n) is 7.84. The van der Waals surface area contributed by atoms with E-state index >= 15 is 0 Å². The van der Waals surface area contributed by atoms with Gasteiger partial charge in [-0.05, 0) is 52.6 Å². The minimum Gasteiger partial charge on any atom is -0.493 e. The molecule has 0 aromatic heterocycles. The lowest BCUT2D eigenvalue weighted by Crippen LogP contribution is -2.16. The second-order valence-electron chi connectivity index (χ2n) is 6.09. The number of hydrogen-bond acceptors (Lipinski definition) is 3. The molecule has 0 bridgehead atoms. The summed E-state index contributed by atoms with van der Waals surface area (Å²) in [7, 11) is 1.98. The van der Waals surface area contributed by atoms with Gasteiger partial charge in [-0.2, -0.15) is 5.26 Å². The van der Waals surface area contributed by atoms with E-state index in [1.807, 2.05) is 33.0 Å². The van der Waals surface area contributed by atoms with Crippen LogP contribution < -0.4 is 10.1 Å². The summed E-state index contributed by atoms with van der Waals surface area (Å²) in [5.41, 5.74) is 0.997. The van der Waals surface area contributed by atoms with Crippen molar-refractivity contribution in [2.75, 3.05) is 13.7 Å². The maximum Gasteiger partial charge on any atom is 0.124 e. The Morgan fingerprint density at radius 2 is 2.00 bits per heavy atom. The van der Waals surface area contributed by atoms with Crippen LogP contribution in [0.2, 0.25) is 0 Å². The molecule has 1 aromatic rings. The van der Waals surface area contributed by atoms with Crippen molar-refractivity contribution in [3.8, 4) is 11.8 Å². The van der Waals surface area contributed by atoms with E-state index in [2.05, 4.69) is 30.4 Å². The van der Waals surface area contributed by atoms with E-state index < -0.39 is 0 Å². The van der Waals surface area contributed by atoms with Crippen molar-refractivity contribution >= 4 is 0 Å². The van der Waals surface area contributed by atoms with Crippen molar-refractivity contribution in [1.82, 2.24) is 5.32 Å². The third-order valence-corrected chi connectivity index (χ3v) is 3.81. The van der Waals surface area contributed by atoms with Gasteiger partial charge >= 0.3 is 0 Å². The van der Waals surface area contributed by atoms with E-state index in [-0.39, 0.29) is 5.41 Å². The number of nitriles is 1. The molecule has 3 nitrogen and oxygen atoms in total. The first-order chi connectivity index (χ1) is 10.0. The number of rotatable bonds is 9. The smallest absolute Gasteiger partial charge is 0.124 e. The highest BCUT2D eigenvalue weighted by Crippen LogP contribution is 2.27.